The molecule has 1 aliphatic rings. The normalized spacial score (nSPS) is 17.6. The zero-order valence-electron chi connectivity index (χ0n) is 12.1. The number of amides is 1. The third-order valence-electron chi connectivity index (χ3n) is 3.61. The van der Waals surface area contributed by atoms with E-state index in [9.17, 15) is 4.79 Å². The van der Waals surface area contributed by atoms with Crippen LogP contribution < -0.4 is 5.32 Å². The molecule has 1 aromatic carbocycles. The number of rotatable bonds is 3. The van der Waals surface area contributed by atoms with Gasteiger partial charge in [0, 0.05) is 16.7 Å². The van der Waals surface area contributed by atoms with Crippen LogP contribution in [0.15, 0.2) is 39.8 Å². The molecule has 1 amide bonds. The Morgan fingerprint density at radius 1 is 1.43 bits per heavy atom. The van der Waals surface area contributed by atoms with Crippen LogP contribution in [0.3, 0.4) is 0 Å². The van der Waals surface area contributed by atoms with Crippen LogP contribution in [0.2, 0.25) is 0 Å². The first-order chi connectivity index (χ1) is 10.1. The molecule has 21 heavy (non-hydrogen) atoms. The van der Waals surface area contributed by atoms with Crippen molar-refractivity contribution in [2.45, 2.75) is 37.1 Å². The number of carbonyl (C=O) groups excluding carboxylic acids is 1. The number of aromatic nitrogens is 1. The van der Waals surface area contributed by atoms with Gasteiger partial charge in [0.15, 0.2) is 0 Å². The van der Waals surface area contributed by atoms with Crippen LogP contribution in [-0.4, -0.2) is 16.8 Å². The molecule has 0 bridgehead atoms. The average Bonchev–Trinajstić information content (AvgIpc) is 2.98. The molecule has 110 valence electrons. The van der Waals surface area contributed by atoms with E-state index in [1.165, 1.54) is 10.5 Å². The van der Waals surface area contributed by atoms with E-state index in [0.29, 0.717) is 0 Å². The van der Waals surface area contributed by atoms with Gasteiger partial charge in [0.2, 0.25) is 5.76 Å². The van der Waals surface area contributed by atoms with Gasteiger partial charge in [0.1, 0.15) is 0 Å². The van der Waals surface area contributed by atoms with E-state index in [0.717, 1.165) is 17.9 Å². The van der Waals surface area contributed by atoms with E-state index < -0.39 is 0 Å². The maximum atomic E-state index is 12.3. The van der Waals surface area contributed by atoms with Crippen LogP contribution >= 0.6 is 11.8 Å². The highest BCUT2D eigenvalue weighted by Gasteiger charge is 2.24. The van der Waals surface area contributed by atoms with Gasteiger partial charge in [-0.2, -0.15) is 0 Å². The van der Waals surface area contributed by atoms with E-state index in [4.69, 9.17) is 4.52 Å². The number of hydrogen-bond donors (Lipinski definition) is 1. The van der Waals surface area contributed by atoms with E-state index in [1.807, 2.05) is 37.7 Å². The number of nitrogens with zero attached hydrogens (tertiary/aromatic N) is 1. The highest BCUT2D eigenvalue weighted by atomic mass is 32.2. The van der Waals surface area contributed by atoms with Crippen molar-refractivity contribution >= 4 is 17.7 Å². The maximum absolute atomic E-state index is 12.3. The summed E-state index contributed by atoms with van der Waals surface area (Å²) in [6.45, 7) is 4.04. The molecule has 4 nitrogen and oxygen atoms in total. The van der Waals surface area contributed by atoms with Crippen LogP contribution in [0.4, 0.5) is 0 Å². The molecule has 2 heterocycles. The van der Waals surface area contributed by atoms with E-state index in [1.54, 1.807) is 6.07 Å². The van der Waals surface area contributed by atoms with Crippen molar-refractivity contribution in [3.8, 4) is 0 Å². The minimum atomic E-state index is -0.193. The third-order valence-corrected chi connectivity index (χ3v) is 4.73. The van der Waals surface area contributed by atoms with Gasteiger partial charge in [-0.1, -0.05) is 37.2 Å². The molecule has 1 N–H and O–H groups in total. The second-order valence-electron chi connectivity index (χ2n) is 5.47. The molecular formula is C16H18N2O2S. The fourth-order valence-corrected chi connectivity index (χ4v) is 3.51. The molecule has 1 aliphatic heterocycles. The summed E-state index contributed by atoms with van der Waals surface area (Å²) in [5.74, 6) is 1.35. The summed E-state index contributed by atoms with van der Waals surface area (Å²) < 4.78 is 5.15. The number of hydrogen-bond acceptors (Lipinski definition) is 4. The predicted octanol–water partition coefficient (Wildman–Crippen LogP) is 3.76. The molecule has 0 spiro atoms. The molecule has 0 radical (unpaired) electrons. The fourth-order valence-electron chi connectivity index (χ4n) is 2.39. The molecule has 0 fully saturated rings. The Morgan fingerprint density at radius 2 is 2.24 bits per heavy atom. The number of thioether (sulfide) groups is 1. The van der Waals surface area contributed by atoms with Gasteiger partial charge in [0.05, 0.1) is 11.7 Å². The van der Waals surface area contributed by atoms with E-state index >= 15 is 0 Å². The fraction of sp³-hybridized carbons (Fsp3) is 0.375. The smallest absolute Gasteiger partial charge is 0.290 e. The van der Waals surface area contributed by atoms with Crippen molar-refractivity contribution in [1.29, 1.82) is 0 Å². The monoisotopic (exact) mass is 302 g/mol. The van der Waals surface area contributed by atoms with Gasteiger partial charge >= 0.3 is 0 Å². The Labute approximate surface area is 128 Å². The SMILES string of the molecule is CC(C)c1cc(C(=O)NC2CCSc3ccccc32)on1. The summed E-state index contributed by atoms with van der Waals surface area (Å²) in [7, 11) is 0. The van der Waals surface area contributed by atoms with Crippen molar-refractivity contribution in [3.05, 3.63) is 47.3 Å². The highest BCUT2D eigenvalue weighted by Crippen LogP contribution is 2.35. The Morgan fingerprint density at radius 3 is 3.00 bits per heavy atom. The van der Waals surface area contributed by atoms with Crippen molar-refractivity contribution in [3.63, 3.8) is 0 Å². The lowest BCUT2D eigenvalue weighted by atomic mass is 10.0. The minimum Gasteiger partial charge on any atom is -0.351 e. The van der Waals surface area contributed by atoms with Gasteiger partial charge in [0.25, 0.3) is 5.91 Å². The average molecular weight is 302 g/mol. The predicted molar refractivity (Wildman–Crippen MR) is 82.6 cm³/mol. The molecule has 1 atom stereocenters. The van der Waals surface area contributed by atoms with E-state index in [-0.39, 0.29) is 23.6 Å². The van der Waals surface area contributed by atoms with Gasteiger partial charge in [-0.15, -0.1) is 11.8 Å². The molecule has 1 unspecified atom stereocenters. The van der Waals surface area contributed by atoms with Crippen molar-refractivity contribution in [2.75, 3.05) is 5.75 Å². The van der Waals surface area contributed by atoms with Crippen LogP contribution in [0.1, 0.15) is 54.0 Å². The van der Waals surface area contributed by atoms with Crippen LogP contribution in [-0.2, 0) is 0 Å². The molecule has 3 rings (SSSR count). The first-order valence-corrected chi connectivity index (χ1v) is 8.13. The molecular weight excluding hydrogens is 284 g/mol. The second kappa shape index (κ2) is 5.93. The number of benzene rings is 1. The number of nitrogens with one attached hydrogen (secondary N) is 1. The Kier molecular flexibility index (Phi) is 4.01. The Bertz CT molecular complexity index is 651. The molecule has 0 aliphatic carbocycles. The molecule has 5 heteroatoms. The lowest BCUT2D eigenvalue weighted by Gasteiger charge is -2.25. The van der Waals surface area contributed by atoms with Gasteiger partial charge in [-0.05, 0) is 24.0 Å². The van der Waals surface area contributed by atoms with Crippen LogP contribution in [0.25, 0.3) is 0 Å². The third kappa shape index (κ3) is 2.97. The van der Waals surface area contributed by atoms with Crippen LogP contribution in [0.5, 0.6) is 0 Å². The quantitative estimate of drug-likeness (QED) is 0.938. The molecule has 0 saturated carbocycles. The summed E-state index contributed by atoms with van der Waals surface area (Å²) in [5.41, 5.74) is 1.99. The zero-order chi connectivity index (χ0) is 14.8. The lowest BCUT2D eigenvalue weighted by molar-refractivity contribution is 0.0897. The Balaban J connectivity index is 1.76. The van der Waals surface area contributed by atoms with Crippen molar-refractivity contribution in [1.82, 2.24) is 10.5 Å². The van der Waals surface area contributed by atoms with Gasteiger partial charge in [-0.3, -0.25) is 4.79 Å². The van der Waals surface area contributed by atoms with E-state index in [2.05, 4.69) is 22.6 Å². The number of fused-ring (bicyclic) bond motifs is 1. The highest BCUT2D eigenvalue weighted by molar-refractivity contribution is 7.99. The standard InChI is InChI=1S/C16H18N2O2S/c1-10(2)13-9-14(20-18-13)16(19)17-12-7-8-21-15-6-4-3-5-11(12)15/h3-6,9-10,12H,7-8H2,1-2H3,(H,17,19). The number of carbonyl (C=O) groups is 1. The summed E-state index contributed by atoms with van der Waals surface area (Å²) >= 11 is 1.84. The maximum Gasteiger partial charge on any atom is 0.290 e. The molecule has 2 aromatic rings. The summed E-state index contributed by atoms with van der Waals surface area (Å²) in [5, 5.41) is 6.99. The minimum absolute atomic E-state index is 0.0440. The van der Waals surface area contributed by atoms with Gasteiger partial charge in [-0.25, -0.2) is 0 Å². The van der Waals surface area contributed by atoms with Crippen molar-refractivity contribution in [2.24, 2.45) is 0 Å². The topological polar surface area (TPSA) is 55.1 Å². The summed E-state index contributed by atoms with van der Waals surface area (Å²) in [4.78, 5) is 13.6. The van der Waals surface area contributed by atoms with Crippen molar-refractivity contribution < 1.29 is 9.32 Å². The van der Waals surface area contributed by atoms with Crippen LogP contribution in [0, 0.1) is 0 Å². The second-order valence-corrected chi connectivity index (χ2v) is 6.61. The summed E-state index contributed by atoms with van der Waals surface area (Å²) in [6, 6.07) is 9.98. The first-order valence-electron chi connectivity index (χ1n) is 7.14. The van der Waals surface area contributed by atoms with Gasteiger partial charge < -0.3 is 9.84 Å². The molecule has 1 aromatic heterocycles. The first kappa shape index (κ1) is 14.2. The zero-order valence-corrected chi connectivity index (χ0v) is 12.9. The Hall–Kier alpha value is -1.75. The lowest BCUT2D eigenvalue weighted by Crippen LogP contribution is -2.30. The largest absolute Gasteiger partial charge is 0.351 e. The summed E-state index contributed by atoms with van der Waals surface area (Å²) in [6.07, 6.45) is 0.929. The molecule has 0 saturated heterocycles.